The van der Waals surface area contributed by atoms with Gasteiger partial charge in [0.1, 0.15) is 11.6 Å². The number of benzene rings is 2. The Hall–Kier alpha value is -1.46. The number of Topliss-reactive ketones (excluding diaryl/α,β-unsaturated/α-hetero) is 1. The van der Waals surface area contributed by atoms with Gasteiger partial charge >= 0.3 is 0 Å². The van der Waals surface area contributed by atoms with Gasteiger partial charge in [0.05, 0.1) is 4.47 Å². The van der Waals surface area contributed by atoms with Gasteiger partial charge < -0.3 is 5.73 Å². The number of nitrogens with two attached hydrogens (primary N) is 1. The van der Waals surface area contributed by atoms with E-state index in [2.05, 4.69) is 15.9 Å². The van der Waals surface area contributed by atoms with Crippen molar-refractivity contribution >= 4 is 39.0 Å². The Morgan fingerprint density at radius 2 is 1.95 bits per heavy atom. The fraction of sp³-hybridized carbons (Fsp3) is 0.0714. The third-order valence-electron chi connectivity index (χ3n) is 2.72. The van der Waals surface area contributed by atoms with E-state index in [4.69, 9.17) is 17.3 Å². The molecule has 0 saturated carbocycles. The second-order valence-electron chi connectivity index (χ2n) is 4.19. The molecule has 0 amide bonds. The Morgan fingerprint density at radius 1 is 1.25 bits per heavy atom. The summed E-state index contributed by atoms with van der Waals surface area (Å²) in [7, 11) is 0. The van der Waals surface area contributed by atoms with Crippen LogP contribution in [0.2, 0.25) is 5.02 Å². The van der Waals surface area contributed by atoms with Crippen LogP contribution in [-0.2, 0) is 6.42 Å². The minimum Gasteiger partial charge on any atom is -0.399 e. The van der Waals surface area contributed by atoms with Crippen LogP contribution >= 0.6 is 27.5 Å². The summed E-state index contributed by atoms with van der Waals surface area (Å²) >= 11 is 8.75. The first-order valence-corrected chi connectivity index (χ1v) is 6.77. The van der Waals surface area contributed by atoms with Crippen LogP contribution in [0.1, 0.15) is 15.9 Å². The summed E-state index contributed by atoms with van der Waals surface area (Å²) in [6, 6.07) is 6.66. The third-order valence-corrected chi connectivity index (χ3v) is 3.55. The molecule has 2 aromatic carbocycles. The molecular formula is C14H9BrClF2NO. The Labute approximate surface area is 127 Å². The Balaban J connectivity index is 2.35. The Morgan fingerprint density at radius 3 is 2.60 bits per heavy atom. The molecule has 104 valence electrons. The van der Waals surface area contributed by atoms with E-state index >= 15 is 0 Å². The molecule has 0 spiro atoms. The number of carbonyl (C=O) groups excluding carboxylic acids is 1. The van der Waals surface area contributed by atoms with E-state index in [1.807, 2.05) is 0 Å². The molecule has 2 N–H and O–H groups in total. The normalized spacial score (nSPS) is 10.6. The topological polar surface area (TPSA) is 43.1 Å². The molecule has 0 unspecified atom stereocenters. The predicted molar refractivity (Wildman–Crippen MR) is 78.0 cm³/mol. The Bertz CT molecular complexity index is 671. The Kier molecular flexibility index (Phi) is 4.40. The van der Waals surface area contributed by atoms with Crippen molar-refractivity contribution in [2.75, 3.05) is 5.73 Å². The number of rotatable bonds is 3. The molecule has 0 atom stereocenters. The fourth-order valence-corrected chi connectivity index (χ4v) is 2.38. The average Bonchev–Trinajstić information content (AvgIpc) is 2.38. The summed E-state index contributed by atoms with van der Waals surface area (Å²) in [6.45, 7) is 0. The lowest BCUT2D eigenvalue weighted by atomic mass is 10.0. The van der Waals surface area contributed by atoms with Gasteiger partial charge in [0.2, 0.25) is 0 Å². The summed E-state index contributed by atoms with van der Waals surface area (Å²) in [5.41, 5.74) is 5.83. The molecule has 6 heteroatoms. The van der Waals surface area contributed by atoms with Crippen molar-refractivity contribution in [1.29, 1.82) is 0 Å². The molecule has 0 aromatic heterocycles. The van der Waals surface area contributed by atoms with Crippen LogP contribution in [-0.4, -0.2) is 5.78 Å². The predicted octanol–water partition coefficient (Wildman–Crippen LogP) is 4.39. The third kappa shape index (κ3) is 3.16. The number of carbonyl (C=O) groups is 1. The number of nitrogen functional groups attached to an aromatic ring is 1. The van der Waals surface area contributed by atoms with Crippen LogP contribution in [0, 0.1) is 11.6 Å². The zero-order chi connectivity index (χ0) is 14.9. The first-order chi connectivity index (χ1) is 9.38. The van der Waals surface area contributed by atoms with Gasteiger partial charge in [-0.3, -0.25) is 4.79 Å². The lowest BCUT2D eigenvalue weighted by Gasteiger charge is -2.07. The van der Waals surface area contributed by atoms with E-state index in [9.17, 15) is 13.6 Å². The van der Waals surface area contributed by atoms with E-state index in [1.165, 1.54) is 24.3 Å². The highest BCUT2D eigenvalue weighted by Gasteiger charge is 2.17. The number of anilines is 1. The highest BCUT2D eigenvalue weighted by Crippen LogP contribution is 2.24. The molecule has 0 fully saturated rings. The minimum absolute atomic E-state index is 0.104. The maximum atomic E-state index is 13.8. The van der Waals surface area contributed by atoms with Gasteiger partial charge in [0, 0.05) is 28.3 Å². The molecule has 2 aromatic rings. The highest BCUT2D eigenvalue weighted by atomic mass is 79.9. The molecule has 2 rings (SSSR count). The first kappa shape index (κ1) is 14.9. The summed E-state index contributed by atoms with van der Waals surface area (Å²) in [5, 5.41) is 0.295. The zero-order valence-corrected chi connectivity index (χ0v) is 12.4. The van der Waals surface area contributed by atoms with Gasteiger partial charge in [-0.05, 0) is 46.3 Å². The number of hydrogen-bond acceptors (Lipinski definition) is 2. The van der Waals surface area contributed by atoms with Crippen molar-refractivity contribution in [2.24, 2.45) is 0 Å². The maximum Gasteiger partial charge on any atom is 0.167 e. The summed E-state index contributed by atoms with van der Waals surface area (Å²) in [4.78, 5) is 12.1. The molecule has 0 aliphatic rings. The quantitative estimate of drug-likeness (QED) is 0.501. The molecule has 0 bridgehead atoms. The van der Waals surface area contributed by atoms with Gasteiger partial charge in [-0.15, -0.1) is 0 Å². The van der Waals surface area contributed by atoms with Gasteiger partial charge in [-0.2, -0.15) is 0 Å². The molecule has 0 radical (unpaired) electrons. The monoisotopic (exact) mass is 359 g/mol. The molecule has 0 heterocycles. The van der Waals surface area contributed by atoms with E-state index in [1.54, 1.807) is 0 Å². The van der Waals surface area contributed by atoms with Crippen LogP contribution in [0.3, 0.4) is 0 Å². The van der Waals surface area contributed by atoms with Gasteiger partial charge in [0.25, 0.3) is 0 Å². The van der Waals surface area contributed by atoms with E-state index < -0.39 is 23.8 Å². The molecule has 2 nitrogen and oxygen atoms in total. The molecule has 20 heavy (non-hydrogen) atoms. The molecule has 0 saturated heterocycles. The first-order valence-electron chi connectivity index (χ1n) is 5.60. The maximum absolute atomic E-state index is 13.8. The SMILES string of the molecule is Nc1cc(Cl)cc(C(=O)Cc2c(F)ccc(Br)c2F)c1. The van der Waals surface area contributed by atoms with Crippen LogP contribution in [0.4, 0.5) is 14.5 Å². The van der Waals surface area contributed by atoms with Gasteiger partial charge in [-0.25, -0.2) is 8.78 Å². The van der Waals surface area contributed by atoms with Crippen molar-refractivity contribution in [3.63, 3.8) is 0 Å². The number of ketones is 1. The summed E-state index contributed by atoms with van der Waals surface area (Å²) in [6.07, 6.45) is -0.406. The fourth-order valence-electron chi connectivity index (χ4n) is 1.77. The average molecular weight is 361 g/mol. The van der Waals surface area contributed by atoms with Crippen molar-refractivity contribution in [2.45, 2.75) is 6.42 Å². The van der Waals surface area contributed by atoms with Crippen LogP contribution in [0.5, 0.6) is 0 Å². The second kappa shape index (κ2) is 5.89. The second-order valence-corrected chi connectivity index (χ2v) is 5.49. The number of hydrogen-bond donors (Lipinski definition) is 1. The van der Waals surface area contributed by atoms with E-state index in [0.29, 0.717) is 10.7 Å². The lowest BCUT2D eigenvalue weighted by molar-refractivity contribution is 0.0990. The largest absolute Gasteiger partial charge is 0.399 e. The van der Waals surface area contributed by atoms with Crippen LogP contribution in [0.15, 0.2) is 34.8 Å². The summed E-state index contributed by atoms with van der Waals surface area (Å²) < 4.78 is 27.5. The molecule has 0 aliphatic carbocycles. The standard InChI is InChI=1S/C14H9BrClF2NO/c15-11-1-2-12(17)10(14(11)18)6-13(20)7-3-8(16)5-9(19)4-7/h1-5H,6,19H2. The minimum atomic E-state index is -0.784. The van der Waals surface area contributed by atoms with E-state index in [-0.39, 0.29) is 15.6 Å². The van der Waals surface area contributed by atoms with Crippen molar-refractivity contribution in [1.82, 2.24) is 0 Å². The van der Waals surface area contributed by atoms with Crippen LogP contribution < -0.4 is 5.73 Å². The lowest BCUT2D eigenvalue weighted by Crippen LogP contribution is -2.08. The zero-order valence-electron chi connectivity index (χ0n) is 10.1. The van der Waals surface area contributed by atoms with Crippen LogP contribution in [0.25, 0.3) is 0 Å². The smallest absolute Gasteiger partial charge is 0.167 e. The van der Waals surface area contributed by atoms with Gasteiger partial charge in [0.15, 0.2) is 5.78 Å². The summed E-state index contributed by atoms with van der Waals surface area (Å²) in [5.74, 6) is -2.02. The highest BCUT2D eigenvalue weighted by molar-refractivity contribution is 9.10. The number of halogens is 4. The van der Waals surface area contributed by atoms with Crippen molar-refractivity contribution < 1.29 is 13.6 Å². The molecule has 0 aliphatic heterocycles. The van der Waals surface area contributed by atoms with Crippen molar-refractivity contribution in [3.05, 3.63) is 62.6 Å². The molecular weight excluding hydrogens is 352 g/mol. The van der Waals surface area contributed by atoms with Crippen molar-refractivity contribution in [3.8, 4) is 0 Å². The van der Waals surface area contributed by atoms with E-state index in [0.717, 1.165) is 6.07 Å². The van der Waals surface area contributed by atoms with Gasteiger partial charge in [-0.1, -0.05) is 11.6 Å².